The molecule has 2 aromatic carbocycles. The van der Waals surface area contributed by atoms with E-state index >= 15 is 0 Å². The van der Waals surface area contributed by atoms with E-state index in [1.54, 1.807) is 6.08 Å². The van der Waals surface area contributed by atoms with Crippen LogP contribution in [0.3, 0.4) is 0 Å². The zero-order valence-corrected chi connectivity index (χ0v) is 16.4. The molecule has 0 saturated carbocycles. The van der Waals surface area contributed by atoms with Gasteiger partial charge in [0, 0.05) is 19.2 Å². The number of piperidine rings is 1. The van der Waals surface area contributed by atoms with Crippen LogP contribution in [-0.2, 0) is 10.0 Å². The summed E-state index contributed by atoms with van der Waals surface area (Å²) in [6, 6.07) is 7.51. The normalized spacial score (nSPS) is 14.7. The van der Waals surface area contributed by atoms with E-state index in [0.717, 1.165) is 23.8 Å². The number of nitro benzene ring substituents is 1. The molecular formula is C19H19F2N3O4S. The lowest BCUT2D eigenvalue weighted by atomic mass is 10.00. The average Bonchev–Trinajstić information content (AvgIpc) is 2.71. The summed E-state index contributed by atoms with van der Waals surface area (Å²) >= 11 is 0. The van der Waals surface area contributed by atoms with Gasteiger partial charge in [0.25, 0.3) is 5.69 Å². The number of halogens is 2. The molecule has 3 rings (SSSR count). The van der Waals surface area contributed by atoms with Gasteiger partial charge in [0.1, 0.15) is 5.69 Å². The van der Waals surface area contributed by atoms with Crippen LogP contribution >= 0.6 is 0 Å². The van der Waals surface area contributed by atoms with Gasteiger partial charge in [0.15, 0.2) is 11.6 Å². The molecule has 29 heavy (non-hydrogen) atoms. The first-order chi connectivity index (χ1) is 13.7. The van der Waals surface area contributed by atoms with Gasteiger partial charge in [-0.05, 0) is 49.7 Å². The Labute approximate surface area is 166 Å². The molecule has 154 valence electrons. The van der Waals surface area contributed by atoms with Crippen LogP contribution in [0, 0.1) is 21.7 Å². The second-order valence-corrected chi connectivity index (χ2v) is 8.46. The Morgan fingerprint density at radius 2 is 1.79 bits per heavy atom. The fourth-order valence-electron chi connectivity index (χ4n) is 3.22. The molecule has 10 heteroatoms. The van der Waals surface area contributed by atoms with E-state index in [0.29, 0.717) is 37.2 Å². The van der Waals surface area contributed by atoms with E-state index in [1.165, 1.54) is 25.2 Å². The minimum Gasteiger partial charge on any atom is -0.365 e. The number of benzene rings is 2. The molecule has 1 heterocycles. The minimum absolute atomic E-state index is 0.175. The Morgan fingerprint density at radius 1 is 1.10 bits per heavy atom. The predicted molar refractivity (Wildman–Crippen MR) is 105 cm³/mol. The van der Waals surface area contributed by atoms with Crippen molar-refractivity contribution in [2.75, 3.05) is 25.0 Å². The fourth-order valence-corrected chi connectivity index (χ4v) is 3.97. The smallest absolute Gasteiger partial charge is 0.293 e. The Hall–Kier alpha value is -2.85. The summed E-state index contributed by atoms with van der Waals surface area (Å²) in [6.07, 6.45) is 2.97. The van der Waals surface area contributed by atoms with Crippen LogP contribution in [0.5, 0.6) is 0 Å². The summed E-state index contributed by atoms with van der Waals surface area (Å²) < 4.78 is 52.4. The molecule has 0 aromatic heterocycles. The van der Waals surface area contributed by atoms with Crippen LogP contribution in [0.25, 0.3) is 6.08 Å². The summed E-state index contributed by atoms with van der Waals surface area (Å²) in [5.74, 6) is -1.82. The van der Waals surface area contributed by atoms with Crippen LogP contribution in [0.2, 0.25) is 0 Å². The number of sulfonamides is 1. The van der Waals surface area contributed by atoms with Gasteiger partial charge in [0.2, 0.25) is 10.0 Å². The number of nitrogens with one attached hydrogen (secondary N) is 1. The first-order valence-corrected chi connectivity index (χ1v) is 10.3. The highest BCUT2D eigenvalue weighted by Crippen LogP contribution is 2.33. The van der Waals surface area contributed by atoms with Crippen molar-refractivity contribution in [1.29, 1.82) is 0 Å². The molecule has 1 saturated heterocycles. The maximum absolute atomic E-state index is 13.4. The van der Waals surface area contributed by atoms with Crippen LogP contribution < -0.4 is 9.62 Å². The molecule has 7 nitrogen and oxygen atoms in total. The highest BCUT2D eigenvalue weighted by atomic mass is 32.2. The quantitative estimate of drug-likeness (QED) is 0.587. The molecule has 2 aromatic rings. The van der Waals surface area contributed by atoms with Gasteiger partial charge in [-0.1, -0.05) is 17.7 Å². The van der Waals surface area contributed by atoms with Crippen molar-refractivity contribution >= 4 is 27.5 Å². The minimum atomic E-state index is -3.79. The first kappa shape index (κ1) is 20.9. The summed E-state index contributed by atoms with van der Waals surface area (Å²) in [7, 11) is -2.55. The highest BCUT2D eigenvalue weighted by molar-refractivity contribution is 7.89. The monoisotopic (exact) mass is 423 g/mol. The summed E-state index contributed by atoms with van der Waals surface area (Å²) in [5.41, 5.74) is 1.63. The molecule has 0 spiro atoms. The third-order valence-corrected chi connectivity index (χ3v) is 6.20. The number of hydrogen-bond acceptors (Lipinski definition) is 5. The highest BCUT2D eigenvalue weighted by Gasteiger charge is 2.25. The topological polar surface area (TPSA) is 92.6 Å². The first-order valence-electron chi connectivity index (χ1n) is 8.82. The summed E-state index contributed by atoms with van der Waals surface area (Å²) in [4.78, 5) is 12.5. The van der Waals surface area contributed by atoms with Crippen molar-refractivity contribution in [2.45, 2.75) is 17.7 Å². The van der Waals surface area contributed by atoms with Crippen molar-refractivity contribution in [2.24, 2.45) is 0 Å². The van der Waals surface area contributed by atoms with E-state index in [1.807, 2.05) is 4.90 Å². The largest absolute Gasteiger partial charge is 0.365 e. The zero-order chi connectivity index (χ0) is 21.2. The third-order valence-electron chi connectivity index (χ3n) is 4.78. The number of nitro groups is 1. The Bertz CT molecular complexity index is 1080. The van der Waals surface area contributed by atoms with Crippen molar-refractivity contribution < 1.29 is 22.1 Å². The molecule has 1 N–H and O–H groups in total. The molecule has 1 fully saturated rings. The molecular weight excluding hydrogens is 404 g/mol. The van der Waals surface area contributed by atoms with Gasteiger partial charge in [-0.2, -0.15) is 0 Å². The van der Waals surface area contributed by atoms with Gasteiger partial charge in [0.05, 0.1) is 9.82 Å². The second kappa shape index (κ2) is 8.26. The van der Waals surface area contributed by atoms with E-state index in [2.05, 4.69) is 4.72 Å². The molecule has 0 aliphatic carbocycles. The predicted octanol–water partition coefficient (Wildman–Crippen LogP) is 3.46. The number of rotatable bonds is 5. The second-order valence-electron chi connectivity index (χ2n) is 6.58. The van der Waals surface area contributed by atoms with Gasteiger partial charge < -0.3 is 4.90 Å². The molecule has 0 radical (unpaired) electrons. The number of hydrogen-bond donors (Lipinski definition) is 1. The van der Waals surface area contributed by atoms with Gasteiger partial charge in [-0.15, -0.1) is 0 Å². The van der Waals surface area contributed by atoms with Crippen molar-refractivity contribution in [1.82, 2.24) is 4.72 Å². The lowest BCUT2D eigenvalue weighted by Gasteiger charge is -2.30. The van der Waals surface area contributed by atoms with Gasteiger partial charge >= 0.3 is 0 Å². The number of anilines is 1. The lowest BCUT2D eigenvalue weighted by Crippen LogP contribution is -2.31. The van der Waals surface area contributed by atoms with Crippen LogP contribution in [-0.4, -0.2) is 33.5 Å². The lowest BCUT2D eigenvalue weighted by molar-refractivity contribution is -0.384. The fraction of sp³-hybridized carbons (Fsp3) is 0.263. The van der Waals surface area contributed by atoms with Gasteiger partial charge in [-0.25, -0.2) is 21.9 Å². The average molecular weight is 423 g/mol. The van der Waals surface area contributed by atoms with Crippen LogP contribution in [0.1, 0.15) is 18.4 Å². The molecule has 0 unspecified atom stereocenters. The molecule has 0 amide bonds. The Kier molecular flexibility index (Phi) is 5.94. The maximum Gasteiger partial charge on any atom is 0.293 e. The van der Waals surface area contributed by atoms with E-state index in [-0.39, 0.29) is 10.6 Å². The summed E-state index contributed by atoms with van der Waals surface area (Å²) in [6.45, 7) is 0.961. The Balaban J connectivity index is 1.80. The molecule has 1 aliphatic rings. The van der Waals surface area contributed by atoms with Crippen molar-refractivity contribution in [3.05, 3.63) is 69.3 Å². The molecule has 1 aliphatic heterocycles. The third kappa shape index (κ3) is 4.60. The van der Waals surface area contributed by atoms with E-state index in [9.17, 15) is 27.3 Å². The van der Waals surface area contributed by atoms with Crippen molar-refractivity contribution in [3.8, 4) is 0 Å². The number of nitrogens with zero attached hydrogens (tertiary/aromatic N) is 2. The van der Waals surface area contributed by atoms with Gasteiger partial charge in [-0.3, -0.25) is 10.1 Å². The maximum atomic E-state index is 13.4. The van der Waals surface area contributed by atoms with Crippen LogP contribution in [0.4, 0.5) is 20.2 Å². The SMILES string of the molecule is CNS(=O)(=O)c1ccc(N2CCC(=Cc3ccc(F)c(F)c3)CC2)c([N+](=O)[O-])c1. The zero-order valence-electron chi connectivity index (χ0n) is 15.6. The van der Waals surface area contributed by atoms with E-state index in [4.69, 9.17) is 0 Å². The Morgan fingerprint density at radius 3 is 2.38 bits per heavy atom. The van der Waals surface area contributed by atoms with Crippen LogP contribution in [0.15, 0.2) is 46.9 Å². The molecule has 0 atom stereocenters. The summed E-state index contributed by atoms with van der Waals surface area (Å²) in [5, 5.41) is 11.5. The molecule has 0 bridgehead atoms. The van der Waals surface area contributed by atoms with Crippen molar-refractivity contribution in [3.63, 3.8) is 0 Å². The van der Waals surface area contributed by atoms with E-state index < -0.39 is 26.6 Å². The standard InChI is InChI=1S/C19H19F2N3O4S/c1-22-29(27,28)15-3-5-18(19(12-15)24(25)26)23-8-6-13(7-9-23)10-14-2-4-16(20)17(21)11-14/h2-5,10-12,22H,6-9H2,1H3.